The van der Waals surface area contributed by atoms with Gasteiger partial charge in [0.15, 0.2) is 0 Å². The maximum absolute atomic E-state index is 12.1. The van der Waals surface area contributed by atoms with Crippen molar-refractivity contribution in [1.29, 1.82) is 0 Å². The van der Waals surface area contributed by atoms with Crippen LogP contribution in [0.25, 0.3) is 0 Å². The largest absolute Gasteiger partial charge is 0.392 e. The molecule has 2 rings (SSSR count). The predicted molar refractivity (Wildman–Crippen MR) is 72.0 cm³/mol. The standard InChI is InChI=1S/C10H11BrN4O3S/c1-6-8(5-16)10(14-13-6)19(17,18)15-9-3-2-7(11)4-12-9/h2-4,16H,5H2,1H3,(H,12,15)(H,13,14). The van der Waals surface area contributed by atoms with Gasteiger partial charge < -0.3 is 5.11 Å². The molecule has 102 valence electrons. The Morgan fingerprint density at radius 3 is 2.79 bits per heavy atom. The summed E-state index contributed by atoms with van der Waals surface area (Å²) in [5.41, 5.74) is 0.747. The van der Waals surface area contributed by atoms with Crippen LogP contribution in [-0.4, -0.2) is 28.7 Å². The summed E-state index contributed by atoms with van der Waals surface area (Å²) < 4.78 is 27.3. The van der Waals surface area contributed by atoms with Crippen molar-refractivity contribution in [2.75, 3.05) is 4.72 Å². The number of aromatic nitrogens is 3. The highest BCUT2D eigenvalue weighted by molar-refractivity contribution is 9.10. The molecule has 2 aromatic rings. The number of hydrogen-bond acceptors (Lipinski definition) is 5. The van der Waals surface area contributed by atoms with Crippen LogP contribution in [0.15, 0.2) is 27.8 Å². The SMILES string of the molecule is Cc1[nH]nc(S(=O)(=O)Nc2ccc(Br)cn2)c1CO. The molecule has 9 heteroatoms. The molecule has 0 bridgehead atoms. The second-order valence-corrected chi connectivity index (χ2v) is 6.27. The Morgan fingerprint density at radius 1 is 1.47 bits per heavy atom. The number of sulfonamides is 1. The zero-order chi connectivity index (χ0) is 14.0. The third-order valence-corrected chi connectivity index (χ3v) is 4.21. The van der Waals surface area contributed by atoms with Gasteiger partial charge in [-0.1, -0.05) is 0 Å². The highest BCUT2D eigenvalue weighted by Crippen LogP contribution is 2.19. The lowest BCUT2D eigenvalue weighted by atomic mass is 10.3. The molecule has 0 spiro atoms. The molecule has 19 heavy (non-hydrogen) atoms. The van der Waals surface area contributed by atoms with Crippen molar-refractivity contribution in [1.82, 2.24) is 15.2 Å². The number of H-pyrrole nitrogens is 1. The van der Waals surface area contributed by atoms with Crippen molar-refractivity contribution in [3.05, 3.63) is 34.1 Å². The smallest absolute Gasteiger partial charge is 0.282 e. The van der Waals surface area contributed by atoms with Crippen LogP contribution in [0.3, 0.4) is 0 Å². The topological polar surface area (TPSA) is 108 Å². The van der Waals surface area contributed by atoms with E-state index in [1.54, 1.807) is 13.0 Å². The van der Waals surface area contributed by atoms with Gasteiger partial charge in [-0.25, -0.2) is 4.98 Å². The van der Waals surface area contributed by atoms with E-state index < -0.39 is 16.6 Å². The van der Waals surface area contributed by atoms with Crippen molar-refractivity contribution in [2.24, 2.45) is 0 Å². The van der Waals surface area contributed by atoms with Crippen LogP contribution < -0.4 is 4.72 Å². The summed E-state index contributed by atoms with van der Waals surface area (Å²) in [6, 6.07) is 3.17. The first-order chi connectivity index (χ1) is 8.94. The molecular formula is C10H11BrN4O3S. The molecule has 0 amide bonds. The van der Waals surface area contributed by atoms with Gasteiger partial charge in [-0.05, 0) is 35.0 Å². The number of nitrogens with zero attached hydrogens (tertiary/aromatic N) is 2. The summed E-state index contributed by atoms with van der Waals surface area (Å²) in [6.07, 6.45) is 1.47. The second kappa shape index (κ2) is 5.27. The average molecular weight is 347 g/mol. The Morgan fingerprint density at radius 2 is 2.21 bits per heavy atom. The average Bonchev–Trinajstić information content (AvgIpc) is 2.74. The third kappa shape index (κ3) is 2.94. The third-order valence-electron chi connectivity index (χ3n) is 2.41. The van der Waals surface area contributed by atoms with E-state index in [4.69, 9.17) is 0 Å². The Bertz CT molecular complexity index is 681. The molecule has 0 aliphatic carbocycles. The van der Waals surface area contributed by atoms with E-state index in [0.717, 1.165) is 4.47 Å². The second-order valence-electron chi connectivity index (χ2n) is 3.76. The number of rotatable bonds is 4. The molecule has 0 atom stereocenters. The number of aliphatic hydroxyl groups is 1. The van der Waals surface area contributed by atoms with Crippen LogP contribution >= 0.6 is 15.9 Å². The van der Waals surface area contributed by atoms with Gasteiger partial charge in [-0.2, -0.15) is 13.5 Å². The summed E-state index contributed by atoms with van der Waals surface area (Å²) in [4.78, 5) is 3.91. The van der Waals surface area contributed by atoms with Crippen molar-refractivity contribution < 1.29 is 13.5 Å². The lowest BCUT2D eigenvalue weighted by Gasteiger charge is -2.06. The molecule has 0 saturated carbocycles. The summed E-state index contributed by atoms with van der Waals surface area (Å²) in [5.74, 6) is 0.174. The molecule has 2 heterocycles. The van der Waals surface area contributed by atoms with E-state index >= 15 is 0 Å². The highest BCUT2D eigenvalue weighted by atomic mass is 79.9. The number of hydrogen-bond donors (Lipinski definition) is 3. The molecule has 2 aromatic heterocycles. The fourth-order valence-electron chi connectivity index (χ4n) is 1.46. The number of nitrogens with one attached hydrogen (secondary N) is 2. The quantitative estimate of drug-likeness (QED) is 0.769. The number of anilines is 1. The Kier molecular flexibility index (Phi) is 3.88. The van der Waals surface area contributed by atoms with Gasteiger partial charge in [0.1, 0.15) is 5.82 Å². The first-order valence-electron chi connectivity index (χ1n) is 5.23. The minimum atomic E-state index is -3.88. The minimum absolute atomic E-state index is 0.174. The van der Waals surface area contributed by atoms with Gasteiger partial charge in [0, 0.05) is 21.9 Å². The molecule has 0 saturated heterocycles. The normalized spacial score (nSPS) is 11.5. The van der Waals surface area contributed by atoms with Gasteiger partial charge in [-0.15, -0.1) is 0 Å². The Balaban J connectivity index is 2.35. The molecule has 3 N–H and O–H groups in total. The van der Waals surface area contributed by atoms with Gasteiger partial charge >= 0.3 is 0 Å². The first-order valence-corrected chi connectivity index (χ1v) is 7.50. The Labute approximate surface area is 118 Å². The van der Waals surface area contributed by atoms with Gasteiger partial charge in [0.2, 0.25) is 5.03 Å². The maximum atomic E-state index is 12.1. The number of aromatic amines is 1. The van der Waals surface area contributed by atoms with Crippen molar-refractivity contribution in [3.63, 3.8) is 0 Å². The number of pyridine rings is 1. The van der Waals surface area contributed by atoms with E-state index in [1.165, 1.54) is 12.3 Å². The van der Waals surface area contributed by atoms with E-state index in [9.17, 15) is 13.5 Å². The van der Waals surface area contributed by atoms with E-state index in [1.807, 2.05) is 0 Å². The van der Waals surface area contributed by atoms with Crippen molar-refractivity contribution in [2.45, 2.75) is 18.6 Å². The summed E-state index contributed by atoms with van der Waals surface area (Å²) in [6.45, 7) is 1.22. The molecular weight excluding hydrogens is 336 g/mol. The van der Waals surface area contributed by atoms with Crippen LogP contribution in [0.1, 0.15) is 11.3 Å². The molecule has 0 radical (unpaired) electrons. The first kappa shape index (κ1) is 14.0. The Hall–Kier alpha value is -1.45. The number of aryl methyl sites for hydroxylation is 1. The highest BCUT2D eigenvalue weighted by Gasteiger charge is 2.23. The minimum Gasteiger partial charge on any atom is -0.392 e. The fourth-order valence-corrected chi connectivity index (χ4v) is 2.90. The van der Waals surface area contributed by atoms with Crippen LogP contribution in [0.5, 0.6) is 0 Å². The van der Waals surface area contributed by atoms with E-state index in [0.29, 0.717) is 5.69 Å². The monoisotopic (exact) mass is 346 g/mol. The molecule has 0 unspecified atom stereocenters. The van der Waals surface area contributed by atoms with E-state index in [2.05, 4.69) is 35.8 Å². The molecule has 7 nitrogen and oxygen atoms in total. The lowest BCUT2D eigenvalue weighted by molar-refractivity contribution is 0.277. The zero-order valence-corrected chi connectivity index (χ0v) is 12.3. The van der Waals surface area contributed by atoms with Gasteiger partial charge in [-0.3, -0.25) is 9.82 Å². The molecule has 0 aromatic carbocycles. The molecule has 0 aliphatic heterocycles. The van der Waals surface area contributed by atoms with Crippen molar-refractivity contribution in [3.8, 4) is 0 Å². The molecule has 0 aliphatic rings. The van der Waals surface area contributed by atoms with Gasteiger partial charge in [0.05, 0.1) is 6.61 Å². The summed E-state index contributed by atoms with van der Waals surface area (Å²) in [5, 5.41) is 15.2. The zero-order valence-electron chi connectivity index (χ0n) is 9.88. The maximum Gasteiger partial charge on any atom is 0.282 e. The predicted octanol–water partition coefficient (Wildman–Crippen LogP) is 1.17. The van der Waals surface area contributed by atoms with Gasteiger partial charge in [0.25, 0.3) is 10.0 Å². The fraction of sp³-hybridized carbons (Fsp3) is 0.200. The number of aliphatic hydroxyl groups excluding tert-OH is 1. The van der Waals surface area contributed by atoms with Crippen LogP contribution in [0, 0.1) is 6.92 Å². The summed E-state index contributed by atoms with van der Waals surface area (Å²) >= 11 is 3.21. The van der Waals surface area contributed by atoms with Crippen LogP contribution in [0.2, 0.25) is 0 Å². The van der Waals surface area contributed by atoms with Crippen LogP contribution in [0.4, 0.5) is 5.82 Å². The lowest BCUT2D eigenvalue weighted by Crippen LogP contribution is -2.16. The van der Waals surface area contributed by atoms with Crippen LogP contribution in [-0.2, 0) is 16.6 Å². The number of halogens is 1. The van der Waals surface area contributed by atoms with E-state index in [-0.39, 0.29) is 16.4 Å². The summed E-state index contributed by atoms with van der Waals surface area (Å²) in [7, 11) is -3.88. The molecule has 0 fully saturated rings. The van der Waals surface area contributed by atoms with Crippen molar-refractivity contribution >= 4 is 31.8 Å².